The number of carbonyl (C=O) groups excluding carboxylic acids is 2. The molecule has 0 unspecified atom stereocenters. The number of carbonyl (C=O) groups is 2. The fraction of sp³-hybridized carbons (Fsp3) is 0.304. The summed E-state index contributed by atoms with van der Waals surface area (Å²) in [6.07, 6.45) is 3.98. The third-order valence-electron chi connectivity index (χ3n) is 5.68. The van der Waals surface area contributed by atoms with Crippen LogP contribution in [0, 0.1) is 0 Å². The highest BCUT2D eigenvalue weighted by Gasteiger charge is 2.24. The number of aromatic nitrogens is 1. The predicted octanol–water partition coefficient (Wildman–Crippen LogP) is 3.35. The fourth-order valence-electron chi connectivity index (χ4n) is 4.22. The minimum absolute atomic E-state index is 0.0812. The van der Waals surface area contributed by atoms with Gasteiger partial charge < -0.3 is 15.6 Å². The summed E-state index contributed by atoms with van der Waals surface area (Å²) < 4.78 is 1.77. The number of rotatable bonds is 7. The first-order chi connectivity index (χ1) is 14.5. The van der Waals surface area contributed by atoms with Crippen molar-refractivity contribution in [3.63, 3.8) is 0 Å². The number of para-hydroxylation sites is 1. The Morgan fingerprint density at radius 1 is 1.10 bits per heavy atom. The number of primary amides is 1. The molecule has 4 rings (SSSR count). The van der Waals surface area contributed by atoms with Gasteiger partial charge in [0.15, 0.2) is 0 Å². The minimum Gasteiger partial charge on any atom is -0.366 e. The zero-order chi connectivity index (χ0) is 21.1. The molecule has 3 aromatic rings. The summed E-state index contributed by atoms with van der Waals surface area (Å²) in [4.78, 5) is 26.9. The van der Waals surface area contributed by atoms with E-state index in [0.29, 0.717) is 17.1 Å². The standard InChI is InChI=1S/C23H25ClN4O2/c24-17-7-5-6-16(12-17)21(27-10-3-4-11-27)13-26-22(29)15-28-14-19(23(25)30)18-8-1-2-9-20(18)28/h1-2,5-9,12,14,21H,3-4,10-11,13,15H2,(H2,25,30)(H,26,29)/t21-/m1/s1. The molecule has 1 aliphatic rings. The topological polar surface area (TPSA) is 80.4 Å². The molecule has 156 valence electrons. The summed E-state index contributed by atoms with van der Waals surface area (Å²) in [5, 5.41) is 4.52. The van der Waals surface area contributed by atoms with Gasteiger partial charge in [-0.2, -0.15) is 0 Å². The molecular formula is C23H25ClN4O2. The molecule has 3 N–H and O–H groups in total. The molecule has 0 bridgehead atoms. The molecule has 0 saturated carbocycles. The van der Waals surface area contributed by atoms with Crippen LogP contribution in [0.2, 0.25) is 5.02 Å². The van der Waals surface area contributed by atoms with Gasteiger partial charge in [0, 0.05) is 28.7 Å². The van der Waals surface area contributed by atoms with Gasteiger partial charge in [-0.3, -0.25) is 14.5 Å². The van der Waals surface area contributed by atoms with Crippen LogP contribution in [0.5, 0.6) is 0 Å². The first-order valence-electron chi connectivity index (χ1n) is 10.2. The number of halogens is 1. The number of amides is 2. The Bertz CT molecular complexity index is 1070. The molecule has 1 fully saturated rings. The van der Waals surface area contributed by atoms with Gasteiger partial charge in [0.1, 0.15) is 6.54 Å². The molecule has 0 radical (unpaired) electrons. The van der Waals surface area contributed by atoms with E-state index < -0.39 is 5.91 Å². The van der Waals surface area contributed by atoms with E-state index >= 15 is 0 Å². The monoisotopic (exact) mass is 424 g/mol. The van der Waals surface area contributed by atoms with Crippen LogP contribution in [0.25, 0.3) is 10.9 Å². The zero-order valence-corrected chi connectivity index (χ0v) is 17.4. The molecule has 1 saturated heterocycles. The van der Waals surface area contributed by atoms with Gasteiger partial charge in [-0.15, -0.1) is 0 Å². The van der Waals surface area contributed by atoms with Crippen molar-refractivity contribution in [1.82, 2.24) is 14.8 Å². The third kappa shape index (κ3) is 4.35. The molecule has 1 aliphatic heterocycles. The first kappa shape index (κ1) is 20.4. The second-order valence-corrected chi connectivity index (χ2v) is 8.11. The van der Waals surface area contributed by atoms with Crippen LogP contribution in [0.1, 0.15) is 34.8 Å². The van der Waals surface area contributed by atoms with Gasteiger partial charge in [0.05, 0.1) is 11.6 Å². The van der Waals surface area contributed by atoms with E-state index in [1.54, 1.807) is 10.8 Å². The van der Waals surface area contributed by atoms with Gasteiger partial charge in [-0.05, 0) is 49.7 Å². The molecular weight excluding hydrogens is 400 g/mol. The van der Waals surface area contributed by atoms with Crippen molar-refractivity contribution in [3.8, 4) is 0 Å². The van der Waals surface area contributed by atoms with Crippen LogP contribution in [0.3, 0.4) is 0 Å². The maximum atomic E-state index is 12.8. The van der Waals surface area contributed by atoms with Crippen LogP contribution >= 0.6 is 11.6 Å². The van der Waals surface area contributed by atoms with Crippen molar-refractivity contribution < 1.29 is 9.59 Å². The van der Waals surface area contributed by atoms with Gasteiger partial charge >= 0.3 is 0 Å². The van der Waals surface area contributed by atoms with Crippen molar-refractivity contribution in [1.29, 1.82) is 0 Å². The maximum absolute atomic E-state index is 12.8. The number of nitrogens with zero attached hydrogens (tertiary/aromatic N) is 2. The van der Waals surface area contributed by atoms with Crippen LogP contribution < -0.4 is 11.1 Å². The van der Waals surface area contributed by atoms with E-state index in [-0.39, 0.29) is 18.5 Å². The SMILES string of the molecule is NC(=O)c1cn(CC(=O)NC[C@H](c2cccc(Cl)c2)N2CCCC2)c2ccccc12. The van der Waals surface area contributed by atoms with E-state index in [1.807, 2.05) is 42.5 Å². The molecule has 30 heavy (non-hydrogen) atoms. The van der Waals surface area contributed by atoms with Gasteiger partial charge in [0.25, 0.3) is 5.91 Å². The van der Waals surface area contributed by atoms with E-state index in [2.05, 4.69) is 16.3 Å². The molecule has 2 heterocycles. The predicted molar refractivity (Wildman–Crippen MR) is 118 cm³/mol. The molecule has 6 nitrogen and oxygen atoms in total. The number of likely N-dealkylation sites (tertiary alicyclic amines) is 1. The summed E-state index contributed by atoms with van der Waals surface area (Å²) in [6, 6.07) is 15.4. The summed E-state index contributed by atoms with van der Waals surface area (Å²) in [6.45, 7) is 2.64. The number of nitrogens with one attached hydrogen (secondary N) is 1. The molecule has 0 aliphatic carbocycles. The molecule has 1 aromatic heterocycles. The highest BCUT2D eigenvalue weighted by molar-refractivity contribution is 6.30. The maximum Gasteiger partial charge on any atom is 0.250 e. The molecule has 0 spiro atoms. The Hall–Kier alpha value is -2.83. The minimum atomic E-state index is -0.500. The Kier molecular flexibility index (Phi) is 6.06. The van der Waals surface area contributed by atoms with Crippen molar-refractivity contribution in [2.24, 2.45) is 5.73 Å². The summed E-state index contributed by atoms with van der Waals surface area (Å²) in [5.74, 6) is -0.613. The lowest BCUT2D eigenvalue weighted by molar-refractivity contribution is -0.121. The largest absolute Gasteiger partial charge is 0.366 e. The van der Waals surface area contributed by atoms with Gasteiger partial charge in [-0.1, -0.05) is 41.9 Å². The zero-order valence-electron chi connectivity index (χ0n) is 16.7. The van der Waals surface area contributed by atoms with Crippen LogP contribution in [-0.2, 0) is 11.3 Å². The smallest absolute Gasteiger partial charge is 0.250 e. The number of fused-ring (bicyclic) bond motifs is 1. The lowest BCUT2D eigenvalue weighted by Crippen LogP contribution is -2.38. The van der Waals surface area contributed by atoms with Crippen molar-refractivity contribution in [2.75, 3.05) is 19.6 Å². The first-order valence-corrected chi connectivity index (χ1v) is 10.5. The van der Waals surface area contributed by atoms with Crippen molar-refractivity contribution in [2.45, 2.75) is 25.4 Å². The summed E-state index contributed by atoms with van der Waals surface area (Å²) in [5.41, 5.74) is 7.84. The number of benzene rings is 2. The van der Waals surface area contributed by atoms with Crippen LogP contribution in [0.15, 0.2) is 54.7 Å². The summed E-state index contributed by atoms with van der Waals surface area (Å²) >= 11 is 6.20. The highest BCUT2D eigenvalue weighted by atomic mass is 35.5. The average molecular weight is 425 g/mol. The highest BCUT2D eigenvalue weighted by Crippen LogP contribution is 2.26. The Labute approximate surface area is 180 Å². The normalized spacial score (nSPS) is 15.4. The molecule has 7 heteroatoms. The Morgan fingerprint density at radius 2 is 1.87 bits per heavy atom. The van der Waals surface area contributed by atoms with E-state index in [9.17, 15) is 9.59 Å². The van der Waals surface area contributed by atoms with E-state index in [1.165, 1.54) is 0 Å². The Morgan fingerprint density at radius 3 is 2.60 bits per heavy atom. The van der Waals surface area contributed by atoms with E-state index in [4.69, 9.17) is 17.3 Å². The number of nitrogens with two attached hydrogens (primary N) is 1. The number of hydrogen-bond donors (Lipinski definition) is 2. The van der Waals surface area contributed by atoms with E-state index in [0.717, 1.165) is 42.4 Å². The third-order valence-corrected chi connectivity index (χ3v) is 5.91. The fourth-order valence-corrected chi connectivity index (χ4v) is 4.42. The van der Waals surface area contributed by atoms with Gasteiger partial charge in [-0.25, -0.2) is 0 Å². The van der Waals surface area contributed by atoms with Gasteiger partial charge in [0.2, 0.25) is 5.91 Å². The van der Waals surface area contributed by atoms with Crippen molar-refractivity contribution >= 4 is 34.3 Å². The van der Waals surface area contributed by atoms with Crippen molar-refractivity contribution in [3.05, 3.63) is 70.9 Å². The summed E-state index contributed by atoms with van der Waals surface area (Å²) in [7, 11) is 0. The second-order valence-electron chi connectivity index (χ2n) is 7.67. The number of hydrogen-bond acceptors (Lipinski definition) is 3. The Balaban J connectivity index is 1.49. The molecule has 2 amide bonds. The van der Waals surface area contributed by atoms with Crippen LogP contribution in [0.4, 0.5) is 0 Å². The lowest BCUT2D eigenvalue weighted by atomic mass is 10.1. The lowest BCUT2D eigenvalue weighted by Gasteiger charge is -2.28. The molecule has 2 aromatic carbocycles. The average Bonchev–Trinajstić information content (AvgIpc) is 3.37. The second kappa shape index (κ2) is 8.90. The quantitative estimate of drug-likeness (QED) is 0.610. The van der Waals surface area contributed by atoms with Crippen LogP contribution in [-0.4, -0.2) is 40.9 Å². The molecule has 1 atom stereocenters.